The number of aliphatic hydroxyl groups is 1. The van der Waals surface area contributed by atoms with Gasteiger partial charge in [-0.3, -0.25) is 4.79 Å². The van der Waals surface area contributed by atoms with Crippen LogP contribution in [-0.2, 0) is 14.3 Å². The molecule has 202 valence electrons. The van der Waals surface area contributed by atoms with Crippen LogP contribution >= 0.6 is 0 Å². The summed E-state index contributed by atoms with van der Waals surface area (Å²) in [7, 11) is 0. The zero-order valence-electron chi connectivity index (χ0n) is 22.9. The molecule has 0 bridgehead atoms. The molecule has 4 heteroatoms. The average Bonchev–Trinajstić information content (AvgIpc) is 2.84. The highest BCUT2D eigenvalue weighted by atomic mass is 16.6. The topological polar surface area (TPSA) is 55.8 Å². The molecule has 0 heterocycles. The number of carbonyl (C=O) groups excluding carboxylic acids is 1. The molecule has 0 aromatic heterocycles. The predicted molar refractivity (Wildman–Crippen MR) is 145 cm³/mol. The minimum atomic E-state index is -0.528. The molecule has 0 aliphatic rings. The number of ether oxygens (including phenoxy) is 2. The van der Waals surface area contributed by atoms with E-state index in [1.54, 1.807) is 0 Å². The maximum atomic E-state index is 12.0. The lowest BCUT2D eigenvalue weighted by atomic mass is 10.1. The highest BCUT2D eigenvalue weighted by Gasteiger charge is 2.13. The van der Waals surface area contributed by atoms with E-state index in [2.05, 4.69) is 26.0 Å². The van der Waals surface area contributed by atoms with Crippen LogP contribution in [0.1, 0.15) is 149 Å². The van der Waals surface area contributed by atoms with Crippen LogP contribution in [0.4, 0.5) is 0 Å². The number of rotatable bonds is 27. The van der Waals surface area contributed by atoms with Gasteiger partial charge in [0.15, 0.2) is 0 Å². The van der Waals surface area contributed by atoms with Gasteiger partial charge in [0.25, 0.3) is 0 Å². The summed E-state index contributed by atoms with van der Waals surface area (Å²) in [5.41, 5.74) is 0. The minimum absolute atomic E-state index is 0.171. The molecule has 0 rings (SSSR count). The molecule has 1 N–H and O–H groups in total. The van der Waals surface area contributed by atoms with Crippen LogP contribution in [0.15, 0.2) is 12.2 Å². The first kappa shape index (κ1) is 33.1. The first-order valence-corrected chi connectivity index (χ1v) is 14.8. The molecular weight excluding hydrogens is 424 g/mol. The van der Waals surface area contributed by atoms with E-state index in [0.29, 0.717) is 19.6 Å². The van der Waals surface area contributed by atoms with Gasteiger partial charge in [-0.1, -0.05) is 122 Å². The second-order valence-electron chi connectivity index (χ2n) is 9.82. The quantitative estimate of drug-likeness (QED) is 0.0722. The van der Waals surface area contributed by atoms with E-state index < -0.39 is 6.10 Å². The smallest absolute Gasteiger partial charge is 0.306 e. The Morgan fingerprint density at radius 1 is 0.676 bits per heavy atom. The van der Waals surface area contributed by atoms with Gasteiger partial charge in [0.1, 0.15) is 6.10 Å². The fourth-order valence-corrected chi connectivity index (χ4v) is 4.09. The minimum Gasteiger partial charge on any atom is -0.457 e. The van der Waals surface area contributed by atoms with Gasteiger partial charge in [-0.25, -0.2) is 0 Å². The van der Waals surface area contributed by atoms with E-state index in [0.717, 1.165) is 19.3 Å². The first-order chi connectivity index (χ1) is 16.7. The summed E-state index contributed by atoms with van der Waals surface area (Å²) in [6, 6.07) is 0. The molecule has 0 aliphatic heterocycles. The van der Waals surface area contributed by atoms with E-state index in [-0.39, 0.29) is 12.6 Å². The van der Waals surface area contributed by atoms with Gasteiger partial charge in [0.05, 0.1) is 13.2 Å². The summed E-state index contributed by atoms with van der Waals surface area (Å²) in [6.07, 6.45) is 29.5. The van der Waals surface area contributed by atoms with Crippen molar-refractivity contribution < 1.29 is 19.4 Å². The van der Waals surface area contributed by atoms with E-state index in [4.69, 9.17) is 9.47 Å². The third-order valence-electron chi connectivity index (χ3n) is 6.32. The lowest BCUT2D eigenvalue weighted by molar-refractivity contribution is -0.154. The van der Waals surface area contributed by atoms with Crippen LogP contribution in [0.3, 0.4) is 0 Å². The van der Waals surface area contributed by atoms with Crippen molar-refractivity contribution in [2.24, 2.45) is 0 Å². The van der Waals surface area contributed by atoms with Crippen molar-refractivity contribution in [3.63, 3.8) is 0 Å². The van der Waals surface area contributed by atoms with Gasteiger partial charge < -0.3 is 14.6 Å². The van der Waals surface area contributed by atoms with Crippen LogP contribution in [0.5, 0.6) is 0 Å². The number of allylic oxidation sites excluding steroid dienone is 2. The second kappa shape index (κ2) is 28.4. The van der Waals surface area contributed by atoms with Crippen LogP contribution in [0, 0.1) is 0 Å². The number of aliphatic hydroxyl groups excluding tert-OH is 1. The molecule has 0 saturated carbocycles. The van der Waals surface area contributed by atoms with Crippen molar-refractivity contribution in [2.45, 2.75) is 155 Å². The normalized spacial score (nSPS) is 12.4. The molecule has 0 aromatic carbocycles. The lowest BCUT2D eigenvalue weighted by Gasteiger charge is -2.15. The Morgan fingerprint density at radius 3 is 1.79 bits per heavy atom. The molecule has 0 fully saturated rings. The molecule has 0 aromatic rings. The lowest BCUT2D eigenvalue weighted by Crippen LogP contribution is -2.27. The largest absolute Gasteiger partial charge is 0.457 e. The van der Waals surface area contributed by atoms with Crippen molar-refractivity contribution in [2.75, 3.05) is 19.8 Å². The zero-order valence-corrected chi connectivity index (χ0v) is 22.9. The molecule has 0 amide bonds. The monoisotopic (exact) mass is 482 g/mol. The third kappa shape index (κ3) is 25.7. The van der Waals surface area contributed by atoms with Crippen LogP contribution in [-0.4, -0.2) is 37.0 Å². The van der Waals surface area contributed by atoms with Crippen LogP contribution in [0.25, 0.3) is 0 Å². The predicted octanol–water partition coefficient (Wildman–Crippen LogP) is 8.70. The van der Waals surface area contributed by atoms with E-state index in [1.165, 1.54) is 109 Å². The molecule has 0 spiro atoms. The standard InChI is InChI=1S/C30H58O4/c1-3-5-7-9-11-13-15-16-18-20-22-24-26-33-28-29(27-31)34-30(32)25-23-21-19-17-14-12-10-8-6-4-2/h8,10,29,31H,3-7,9,11-28H2,1-2H3/b10-8-. The number of carbonyl (C=O) groups is 1. The average molecular weight is 483 g/mol. The number of unbranched alkanes of at least 4 members (excludes halogenated alkanes) is 17. The van der Waals surface area contributed by atoms with E-state index in [9.17, 15) is 9.90 Å². The first-order valence-electron chi connectivity index (χ1n) is 14.8. The fraction of sp³-hybridized carbons (Fsp3) is 0.900. The van der Waals surface area contributed by atoms with Gasteiger partial charge in [-0.2, -0.15) is 0 Å². The summed E-state index contributed by atoms with van der Waals surface area (Å²) in [5.74, 6) is -0.212. The Hall–Kier alpha value is -0.870. The highest BCUT2D eigenvalue weighted by molar-refractivity contribution is 5.69. The van der Waals surface area contributed by atoms with Gasteiger partial charge >= 0.3 is 5.97 Å². The van der Waals surface area contributed by atoms with Crippen molar-refractivity contribution in [1.82, 2.24) is 0 Å². The Balaban J connectivity index is 3.44. The summed E-state index contributed by atoms with van der Waals surface area (Å²) < 4.78 is 11.0. The molecular formula is C30H58O4. The van der Waals surface area contributed by atoms with Crippen molar-refractivity contribution >= 4 is 5.97 Å². The molecule has 0 radical (unpaired) electrons. The number of esters is 1. The number of hydrogen-bond donors (Lipinski definition) is 1. The number of hydrogen-bond acceptors (Lipinski definition) is 4. The van der Waals surface area contributed by atoms with Crippen molar-refractivity contribution in [1.29, 1.82) is 0 Å². The van der Waals surface area contributed by atoms with E-state index in [1.807, 2.05) is 0 Å². The van der Waals surface area contributed by atoms with Crippen LogP contribution < -0.4 is 0 Å². The van der Waals surface area contributed by atoms with Crippen molar-refractivity contribution in [3.8, 4) is 0 Å². The zero-order chi connectivity index (χ0) is 25.0. The van der Waals surface area contributed by atoms with Gasteiger partial charge in [-0.15, -0.1) is 0 Å². The van der Waals surface area contributed by atoms with Crippen LogP contribution in [0.2, 0.25) is 0 Å². The summed E-state index contributed by atoms with van der Waals surface area (Å²) >= 11 is 0. The highest BCUT2D eigenvalue weighted by Crippen LogP contribution is 2.12. The maximum Gasteiger partial charge on any atom is 0.306 e. The molecule has 1 unspecified atom stereocenters. The molecule has 34 heavy (non-hydrogen) atoms. The summed E-state index contributed by atoms with van der Waals surface area (Å²) in [5, 5.41) is 9.46. The SMILES string of the molecule is CCC/C=C\CCCCCCCC(=O)OC(CO)COCCCCCCCCCCCCCC. The Morgan fingerprint density at radius 2 is 1.21 bits per heavy atom. The molecule has 0 aliphatic carbocycles. The Labute approximate surface area is 212 Å². The van der Waals surface area contributed by atoms with E-state index >= 15 is 0 Å². The van der Waals surface area contributed by atoms with Gasteiger partial charge in [0, 0.05) is 13.0 Å². The molecule has 0 saturated heterocycles. The molecule has 1 atom stereocenters. The Kier molecular flexibility index (Phi) is 27.6. The van der Waals surface area contributed by atoms with Gasteiger partial charge in [-0.05, 0) is 32.1 Å². The fourth-order valence-electron chi connectivity index (χ4n) is 4.09. The summed E-state index contributed by atoms with van der Waals surface area (Å²) in [6.45, 7) is 5.27. The second-order valence-corrected chi connectivity index (χ2v) is 9.82. The maximum absolute atomic E-state index is 12.0. The third-order valence-corrected chi connectivity index (χ3v) is 6.32. The van der Waals surface area contributed by atoms with Gasteiger partial charge in [0.2, 0.25) is 0 Å². The Bertz CT molecular complexity index is 436. The van der Waals surface area contributed by atoms with Crippen molar-refractivity contribution in [3.05, 3.63) is 12.2 Å². The summed E-state index contributed by atoms with van der Waals surface area (Å²) in [4.78, 5) is 12.0. The molecule has 4 nitrogen and oxygen atoms in total.